The van der Waals surface area contributed by atoms with Crippen molar-refractivity contribution in [1.82, 2.24) is 0 Å². The first-order valence-corrected chi connectivity index (χ1v) is 8.96. The highest BCUT2D eigenvalue weighted by molar-refractivity contribution is 5.66. The molecule has 0 amide bonds. The normalized spacial score (nSPS) is 14.0. The second-order valence-electron chi connectivity index (χ2n) is 6.87. The molecule has 0 radical (unpaired) electrons. The van der Waals surface area contributed by atoms with Gasteiger partial charge in [-0.3, -0.25) is 0 Å². The molecular weight excluding hydrogens is 286 g/mol. The third-order valence-electron chi connectivity index (χ3n) is 4.94. The summed E-state index contributed by atoms with van der Waals surface area (Å²) in [5.41, 5.74) is 9.83. The highest BCUT2D eigenvalue weighted by atomic mass is 16.3. The number of aliphatic hydroxyl groups excluding tert-OH is 2. The van der Waals surface area contributed by atoms with Crippen molar-refractivity contribution in [3.63, 3.8) is 0 Å². The molecule has 128 valence electrons. The Morgan fingerprint density at radius 1 is 1.04 bits per heavy atom. The molecule has 0 aromatic heterocycles. The van der Waals surface area contributed by atoms with Crippen LogP contribution in [0.1, 0.15) is 62.1 Å². The summed E-state index contributed by atoms with van der Waals surface area (Å²) in [4.78, 5) is 0. The molecule has 0 bridgehead atoms. The molecule has 0 saturated heterocycles. The molecule has 0 atom stereocenters. The maximum atomic E-state index is 9.46. The monoisotopic (exact) mass is 317 g/mol. The van der Waals surface area contributed by atoms with Gasteiger partial charge in [0.1, 0.15) is 0 Å². The highest BCUT2D eigenvalue weighted by Gasteiger charge is 2.31. The molecule has 0 unspecified atom stereocenters. The van der Waals surface area contributed by atoms with Gasteiger partial charge in [0.15, 0.2) is 0 Å². The third kappa shape index (κ3) is 4.66. The molecular formula is C20H31NO2. The molecule has 1 aliphatic carbocycles. The molecule has 0 heterocycles. The van der Waals surface area contributed by atoms with Crippen molar-refractivity contribution in [2.75, 3.05) is 13.2 Å². The maximum Gasteiger partial charge on any atom is 0.0844 e. The fourth-order valence-corrected chi connectivity index (χ4v) is 3.23. The van der Waals surface area contributed by atoms with Crippen molar-refractivity contribution in [3.8, 4) is 0 Å². The SMILES string of the molecule is CCCCCCCCc1ccc2c(c1)CC(C(N)(CO)CO)=C2. The van der Waals surface area contributed by atoms with E-state index in [1.807, 2.05) is 6.08 Å². The first kappa shape index (κ1) is 18.2. The van der Waals surface area contributed by atoms with Gasteiger partial charge in [-0.05, 0) is 41.5 Å². The van der Waals surface area contributed by atoms with Crippen LogP contribution in [0.2, 0.25) is 0 Å². The highest BCUT2D eigenvalue weighted by Crippen LogP contribution is 2.31. The minimum atomic E-state index is -1.00. The Balaban J connectivity index is 1.88. The zero-order valence-corrected chi connectivity index (χ0v) is 14.4. The van der Waals surface area contributed by atoms with E-state index in [-0.39, 0.29) is 13.2 Å². The van der Waals surface area contributed by atoms with Crippen LogP contribution in [-0.2, 0) is 12.8 Å². The Morgan fingerprint density at radius 3 is 2.43 bits per heavy atom. The Hall–Kier alpha value is -1.16. The van der Waals surface area contributed by atoms with Gasteiger partial charge in [0, 0.05) is 0 Å². The summed E-state index contributed by atoms with van der Waals surface area (Å²) in [5.74, 6) is 0. The summed E-state index contributed by atoms with van der Waals surface area (Å²) in [6.45, 7) is 1.79. The van der Waals surface area contributed by atoms with E-state index in [0.717, 1.165) is 18.4 Å². The average molecular weight is 317 g/mol. The van der Waals surface area contributed by atoms with Crippen LogP contribution < -0.4 is 5.73 Å². The Kier molecular flexibility index (Phi) is 6.82. The van der Waals surface area contributed by atoms with Gasteiger partial charge >= 0.3 is 0 Å². The fraction of sp³-hybridized carbons (Fsp3) is 0.600. The number of aliphatic hydroxyl groups is 2. The Bertz CT molecular complexity index is 532. The Morgan fingerprint density at radius 2 is 1.74 bits per heavy atom. The average Bonchev–Trinajstić information content (AvgIpc) is 3.01. The van der Waals surface area contributed by atoms with Crippen molar-refractivity contribution >= 4 is 6.08 Å². The lowest BCUT2D eigenvalue weighted by atomic mass is 9.91. The van der Waals surface area contributed by atoms with Crippen LogP contribution >= 0.6 is 0 Å². The van der Waals surface area contributed by atoms with Crippen LogP contribution in [0.5, 0.6) is 0 Å². The van der Waals surface area contributed by atoms with Crippen molar-refractivity contribution < 1.29 is 10.2 Å². The zero-order chi connectivity index (χ0) is 16.7. The Labute approximate surface area is 140 Å². The molecule has 4 N–H and O–H groups in total. The van der Waals surface area contributed by atoms with Crippen LogP contribution in [0, 0.1) is 0 Å². The molecule has 0 fully saturated rings. The van der Waals surface area contributed by atoms with E-state index in [4.69, 9.17) is 5.73 Å². The lowest BCUT2D eigenvalue weighted by Crippen LogP contribution is -2.49. The van der Waals surface area contributed by atoms with Crippen molar-refractivity contribution in [3.05, 3.63) is 40.5 Å². The number of unbranched alkanes of at least 4 members (excludes halogenated alkanes) is 5. The number of rotatable bonds is 10. The van der Waals surface area contributed by atoms with E-state index in [0.29, 0.717) is 0 Å². The van der Waals surface area contributed by atoms with Gasteiger partial charge in [-0.2, -0.15) is 0 Å². The number of benzene rings is 1. The summed E-state index contributed by atoms with van der Waals surface area (Å²) in [6, 6.07) is 6.60. The fourth-order valence-electron chi connectivity index (χ4n) is 3.23. The van der Waals surface area contributed by atoms with Crippen LogP contribution in [0.4, 0.5) is 0 Å². The van der Waals surface area contributed by atoms with Gasteiger partial charge in [0.05, 0.1) is 18.8 Å². The second kappa shape index (κ2) is 8.62. The van der Waals surface area contributed by atoms with E-state index in [1.54, 1.807) is 0 Å². The molecule has 0 saturated carbocycles. The number of hydrogen-bond acceptors (Lipinski definition) is 3. The van der Waals surface area contributed by atoms with Gasteiger partial charge in [0.2, 0.25) is 0 Å². The predicted octanol–water partition coefficient (Wildman–Crippen LogP) is 3.21. The van der Waals surface area contributed by atoms with Crippen molar-refractivity contribution in [2.45, 2.75) is 63.8 Å². The smallest absolute Gasteiger partial charge is 0.0844 e. The molecule has 1 aromatic rings. The minimum Gasteiger partial charge on any atom is -0.394 e. The van der Waals surface area contributed by atoms with Gasteiger partial charge in [-0.25, -0.2) is 0 Å². The summed E-state index contributed by atoms with van der Waals surface area (Å²) in [5, 5.41) is 18.9. The molecule has 3 nitrogen and oxygen atoms in total. The topological polar surface area (TPSA) is 66.5 Å². The number of hydrogen-bond donors (Lipinski definition) is 3. The summed E-state index contributed by atoms with van der Waals surface area (Å²) in [7, 11) is 0. The molecule has 23 heavy (non-hydrogen) atoms. The quantitative estimate of drug-likeness (QED) is 0.581. The van der Waals surface area contributed by atoms with E-state index in [1.165, 1.54) is 55.2 Å². The standard InChI is InChI=1S/C20H31NO2/c1-2-3-4-5-6-7-8-16-9-10-17-12-19(13-18(17)11-16)20(21,14-22)15-23/h9-12,22-23H,2-8,13-15,21H2,1H3. The third-order valence-corrected chi connectivity index (χ3v) is 4.94. The van der Waals surface area contributed by atoms with Gasteiger partial charge in [-0.1, -0.05) is 63.3 Å². The largest absolute Gasteiger partial charge is 0.394 e. The maximum absolute atomic E-state index is 9.46. The molecule has 3 heteroatoms. The van der Waals surface area contributed by atoms with Crippen molar-refractivity contribution in [1.29, 1.82) is 0 Å². The van der Waals surface area contributed by atoms with Crippen LogP contribution in [0.3, 0.4) is 0 Å². The van der Waals surface area contributed by atoms with E-state index in [2.05, 4.69) is 25.1 Å². The minimum absolute atomic E-state index is 0.228. The first-order valence-electron chi connectivity index (χ1n) is 8.96. The molecule has 2 rings (SSSR count). The first-order chi connectivity index (χ1) is 11.1. The van der Waals surface area contributed by atoms with E-state index >= 15 is 0 Å². The van der Waals surface area contributed by atoms with Gasteiger partial charge in [-0.15, -0.1) is 0 Å². The molecule has 0 spiro atoms. The van der Waals surface area contributed by atoms with Crippen LogP contribution in [-0.4, -0.2) is 29.0 Å². The van der Waals surface area contributed by atoms with E-state index < -0.39 is 5.54 Å². The number of nitrogens with two attached hydrogens (primary N) is 1. The summed E-state index contributed by atoms with van der Waals surface area (Å²) >= 11 is 0. The lowest BCUT2D eigenvalue weighted by molar-refractivity contribution is 0.144. The van der Waals surface area contributed by atoms with E-state index in [9.17, 15) is 10.2 Å². The predicted molar refractivity (Wildman–Crippen MR) is 96.3 cm³/mol. The van der Waals surface area contributed by atoms with Crippen LogP contribution in [0.15, 0.2) is 23.8 Å². The van der Waals surface area contributed by atoms with Crippen LogP contribution in [0.25, 0.3) is 6.08 Å². The number of aryl methyl sites for hydroxylation is 1. The van der Waals surface area contributed by atoms with Gasteiger partial charge in [0.25, 0.3) is 0 Å². The number of fused-ring (bicyclic) bond motifs is 1. The lowest BCUT2D eigenvalue weighted by Gasteiger charge is -2.26. The second-order valence-corrected chi connectivity index (χ2v) is 6.87. The summed E-state index contributed by atoms with van der Waals surface area (Å²) < 4.78 is 0. The molecule has 0 aliphatic heterocycles. The zero-order valence-electron chi connectivity index (χ0n) is 14.4. The summed E-state index contributed by atoms with van der Waals surface area (Å²) in [6.07, 6.45) is 11.8. The van der Waals surface area contributed by atoms with Gasteiger partial charge < -0.3 is 15.9 Å². The van der Waals surface area contributed by atoms with Crippen molar-refractivity contribution in [2.24, 2.45) is 5.73 Å². The molecule has 1 aromatic carbocycles. The molecule has 1 aliphatic rings.